The summed E-state index contributed by atoms with van der Waals surface area (Å²) in [5.41, 5.74) is 6.86. The Kier molecular flexibility index (Phi) is 6.53. The third-order valence-corrected chi connectivity index (χ3v) is 4.56. The molecule has 144 valence electrons. The number of morpholine rings is 1. The molecule has 1 atom stereocenters. The lowest BCUT2D eigenvalue weighted by Gasteiger charge is -2.35. The number of nitriles is 1. The number of nitrogens with one attached hydrogen (secondary N) is 3. The first kappa shape index (κ1) is 20.4. The molecule has 1 fully saturated rings. The van der Waals surface area contributed by atoms with E-state index in [1.807, 2.05) is 19.9 Å². The minimum absolute atomic E-state index is 0.158. The number of aromatic nitrogens is 1. The van der Waals surface area contributed by atoms with Crippen molar-refractivity contribution in [2.45, 2.75) is 32.2 Å². The van der Waals surface area contributed by atoms with E-state index in [1.165, 1.54) is 12.3 Å². The van der Waals surface area contributed by atoms with Crippen LogP contribution in [0.5, 0.6) is 0 Å². The zero-order valence-electron chi connectivity index (χ0n) is 16.0. The lowest BCUT2D eigenvalue weighted by molar-refractivity contribution is 0.0985. The molecule has 27 heavy (non-hydrogen) atoms. The molecular formula is C19H27N7O. The standard InChI is InChI=1S/C19H27N7O/c1-13-11-27-7-6-26(13)17-8-16(19(2,3)12-22)15(9-21)18(25-17)24-10-14(23)4-5-20/h4-5,8-9,13,20-21H,6-7,10-11,23H2,1-3H3,(H,24,25)/b14-4-,20-5?,21-9?/t13-/m1/s1. The third-order valence-electron chi connectivity index (χ3n) is 4.56. The minimum Gasteiger partial charge on any atom is -0.401 e. The SMILES string of the molecule is C[C@@H]1COCCN1c1cc(C(C)(C)C#N)c(C=N)c(NC/C(N)=C/C=N)n1. The van der Waals surface area contributed by atoms with Gasteiger partial charge in [0.05, 0.1) is 37.3 Å². The lowest BCUT2D eigenvalue weighted by Crippen LogP contribution is -2.44. The van der Waals surface area contributed by atoms with Crippen LogP contribution in [0.3, 0.4) is 0 Å². The Labute approximate surface area is 160 Å². The number of nitrogens with zero attached hydrogens (tertiary/aromatic N) is 3. The van der Waals surface area contributed by atoms with Crippen LogP contribution in [0.25, 0.3) is 0 Å². The van der Waals surface area contributed by atoms with Crippen molar-refractivity contribution < 1.29 is 4.74 Å². The van der Waals surface area contributed by atoms with Crippen molar-refractivity contribution in [2.24, 2.45) is 5.73 Å². The van der Waals surface area contributed by atoms with Gasteiger partial charge in [0.2, 0.25) is 0 Å². The highest BCUT2D eigenvalue weighted by Crippen LogP contribution is 2.33. The second-order valence-electron chi connectivity index (χ2n) is 7.05. The zero-order valence-corrected chi connectivity index (χ0v) is 16.0. The molecule has 0 saturated carbocycles. The minimum atomic E-state index is -0.785. The van der Waals surface area contributed by atoms with Crippen molar-refractivity contribution in [1.29, 1.82) is 16.1 Å². The second-order valence-corrected chi connectivity index (χ2v) is 7.05. The van der Waals surface area contributed by atoms with Crippen molar-refractivity contribution in [2.75, 3.05) is 36.5 Å². The van der Waals surface area contributed by atoms with Crippen molar-refractivity contribution in [3.8, 4) is 6.07 Å². The lowest BCUT2D eigenvalue weighted by atomic mass is 9.83. The van der Waals surface area contributed by atoms with Crippen LogP contribution in [0.1, 0.15) is 31.9 Å². The highest BCUT2D eigenvalue weighted by atomic mass is 16.5. The fourth-order valence-electron chi connectivity index (χ4n) is 2.97. The maximum Gasteiger partial charge on any atom is 0.137 e. The van der Waals surface area contributed by atoms with Gasteiger partial charge in [-0.15, -0.1) is 0 Å². The molecule has 1 aromatic heterocycles. The summed E-state index contributed by atoms with van der Waals surface area (Å²) in [5.74, 6) is 1.24. The molecule has 2 heterocycles. The number of ether oxygens (including phenoxy) is 1. The molecular weight excluding hydrogens is 342 g/mol. The van der Waals surface area contributed by atoms with Gasteiger partial charge in [-0.1, -0.05) is 0 Å². The molecule has 0 aliphatic carbocycles. The van der Waals surface area contributed by atoms with E-state index in [0.29, 0.717) is 36.8 Å². The number of hydrogen-bond acceptors (Lipinski definition) is 8. The molecule has 1 aromatic rings. The van der Waals surface area contributed by atoms with Crippen molar-refractivity contribution in [3.05, 3.63) is 29.0 Å². The van der Waals surface area contributed by atoms with Crippen LogP contribution in [0.4, 0.5) is 11.6 Å². The Hall–Kier alpha value is -2.92. The van der Waals surface area contributed by atoms with Crippen molar-refractivity contribution in [3.63, 3.8) is 0 Å². The summed E-state index contributed by atoms with van der Waals surface area (Å²) < 4.78 is 5.51. The van der Waals surface area contributed by atoms with Crippen LogP contribution >= 0.6 is 0 Å². The molecule has 2 rings (SSSR count). The molecule has 0 bridgehead atoms. The average molecular weight is 369 g/mol. The van der Waals surface area contributed by atoms with Gasteiger partial charge in [-0.05, 0) is 38.5 Å². The summed E-state index contributed by atoms with van der Waals surface area (Å²) in [6.07, 6.45) is 3.83. The Morgan fingerprint density at radius 1 is 1.56 bits per heavy atom. The summed E-state index contributed by atoms with van der Waals surface area (Å²) in [4.78, 5) is 6.87. The number of pyridine rings is 1. The van der Waals surface area contributed by atoms with Gasteiger partial charge < -0.3 is 31.5 Å². The maximum atomic E-state index is 9.65. The van der Waals surface area contributed by atoms with Crippen LogP contribution in [0.15, 0.2) is 17.8 Å². The molecule has 5 N–H and O–H groups in total. The normalized spacial score (nSPS) is 17.9. The zero-order chi connectivity index (χ0) is 20.0. The van der Waals surface area contributed by atoms with Gasteiger partial charge >= 0.3 is 0 Å². The molecule has 1 aliphatic rings. The molecule has 1 aliphatic heterocycles. The molecule has 0 amide bonds. The smallest absolute Gasteiger partial charge is 0.137 e. The molecule has 8 heteroatoms. The predicted octanol–water partition coefficient (Wildman–Crippen LogP) is 2.01. The first-order valence-electron chi connectivity index (χ1n) is 8.84. The van der Waals surface area contributed by atoms with Gasteiger partial charge in [-0.2, -0.15) is 5.26 Å². The Balaban J connectivity index is 2.55. The number of nitrogens with two attached hydrogens (primary N) is 1. The molecule has 8 nitrogen and oxygen atoms in total. The quantitative estimate of drug-likeness (QED) is 0.543. The van der Waals surface area contributed by atoms with E-state index in [9.17, 15) is 5.26 Å². The largest absolute Gasteiger partial charge is 0.401 e. The number of hydrogen-bond donors (Lipinski definition) is 4. The molecule has 1 saturated heterocycles. The summed E-state index contributed by atoms with van der Waals surface area (Å²) in [6.45, 7) is 7.95. The fraction of sp³-hybridized carbons (Fsp3) is 0.474. The highest BCUT2D eigenvalue weighted by molar-refractivity contribution is 5.88. The maximum absolute atomic E-state index is 9.65. The number of rotatable bonds is 7. The predicted molar refractivity (Wildman–Crippen MR) is 108 cm³/mol. The molecule has 0 aromatic carbocycles. The fourth-order valence-corrected chi connectivity index (χ4v) is 2.97. The highest BCUT2D eigenvalue weighted by Gasteiger charge is 2.29. The number of anilines is 2. The first-order valence-corrected chi connectivity index (χ1v) is 8.84. The van der Waals surface area contributed by atoms with E-state index in [2.05, 4.69) is 23.2 Å². The molecule has 0 unspecified atom stereocenters. The van der Waals surface area contributed by atoms with Crippen LogP contribution in [-0.2, 0) is 10.2 Å². The molecule has 0 spiro atoms. The van der Waals surface area contributed by atoms with Crippen LogP contribution in [0, 0.1) is 22.1 Å². The summed E-state index contributed by atoms with van der Waals surface area (Å²) >= 11 is 0. The summed E-state index contributed by atoms with van der Waals surface area (Å²) in [7, 11) is 0. The van der Waals surface area contributed by atoms with Gasteiger partial charge in [-0.25, -0.2) is 4.98 Å². The van der Waals surface area contributed by atoms with Crippen LogP contribution in [-0.4, -0.2) is 49.8 Å². The Morgan fingerprint density at radius 3 is 2.89 bits per heavy atom. The van der Waals surface area contributed by atoms with Crippen LogP contribution < -0.4 is 16.0 Å². The average Bonchev–Trinajstić information content (AvgIpc) is 2.66. The molecule has 0 radical (unpaired) electrons. The summed E-state index contributed by atoms with van der Waals surface area (Å²) in [5, 5.41) is 27.8. The van der Waals surface area contributed by atoms with Gasteiger partial charge in [0.1, 0.15) is 11.6 Å². The van der Waals surface area contributed by atoms with Crippen molar-refractivity contribution in [1.82, 2.24) is 4.98 Å². The van der Waals surface area contributed by atoms with E-state index < -0.39 is 5.41 Å². The third kappa shape index (κ3) is 4.63. The number of allylic oxidation sites excluding steroid dienone is 1. The van der Waals surface area contributed by atoms with Crippen LogP contribution in [0.2, 0.25) is 0 Å². The van der Waals surface area contributed by atoms with Gasteiger partial charge in [0.25, 0.3) is 0 Å². The Morgan fingerprint density at radius 2 is 2.30 bits per heavy atom. The van der Waals surface area contributed by atoms with Gasteiger partial charge in [0, 0.05) is 30.2 Å². The van der Waals surface area contributed by atoms with Crippen molar-refractivity contribution >= 4 is 24.1 Å². The summed E-state index contributed by atoms with van der Waals surface area (Å²) in [6, 6.07) is 4.37. The van der Waals surface area contributed by atoms with E-state index in [4.69, 9.17) is 26.3 Å². The topological polar surface area (TPSA) is 135 Å². The van der Waals surface area contributed by atoms with E-state index in [-0.39, 0.29) is 12.6 Å². The van der Waals surface area contributed by atoms with E-state index in [1.54, 1.807) is 0 Å². The monoisotopic (exact) mass is 369 g/mol. The van der Waals surface area contributed by atoms with Gasteiger partial charge in [-0.3, -0.25) is 0 Å². The van der Waals surface area contributed by atoms with E-state index in [0.717, 1.165) is 17.6 Å². The Bertz CT molecular complexity index is 779. The van der Waals surface area contributed by atoms with E-state index >= 15 is 0 Å². The van der Waals surface area contributed by atoms with Gasteiger partial charge in [0.15, 0.2) is 0 Å². The first-order chi connectivity index (χ1) is 12.8. The second kappa shape index (κ2) is 8.64.